The summed E-state index contributed by atoms with van der Waals surface area (Å²) in [4.78, 5) is 0. The maximum absolute atomic E-state index is 5.80. The van der Waals surface area contributed by atoms with Crippen molar-refractivity contribution in [3.63, 3.8) is 0 Å². The molecule has 0 heterocycles. The first-order chi connectivity index (χ1) is 9.31. The van der Waals surface area contributed by atoms with E-state index in [-0.39, 0.29) is 0 Å². The van der Waals surface area contributed by atoms with Crippen molar-refractivity contribution in [3.05, 3.63) is 72.3 Å². The van der Waals surface area contributed by atoms with Gasteiger partial charge in [0.15, 0.2) is 0 Å². The summed E-state index contributed by atoms with van der Waals surface area (Å²) in [5.74, 6) is 0.876. The van der Waals surface area contributed by atoms with Crippen LogP contribution >= 0.6 is 0 Å². The number of hydrogen-bond donors (Lipinski definition) is 0. The van der Waals surface area contributed by atoms with Crippen molar-refractivity contribution in [2.24, 2.45) is 0 Å². The molecule has 3 aromatic rings. The lowest BCUT2D eigenvalue weighted by molar-refractivity contribution is 0.306. The van der Waals surface area contributed by atoms with Crippen LogP contribution in [0, 0.1) is 0 Å². The highest BCUT2D eigenvalue weighted by Crippen LogP contribution is 2.20. The van der Waals surface area contributed by atoms with Crippen molar-refractivity contribution in [3.8, 4) is 5.75 Å². The zero-order valence-electron chi connectivity index (χ0n) is 10.5. The summed E-state index contributed by atoms with van der Waals surface area (Å²) in [5.41, 5.74) is 1.95. The Balaban J connectivity index is 1.80. The molecule has 0 N–H and O–H groups in total. The minimum Gasteiger partial charge on any atom is -0.489 e. The molecule has 3 aromatic carbocycles. The second-order valence-electron chi connectivity index (χ2n) is 4.54. The Labute approximate surface area is 114 Å². The molecule has 0 atom stereocenters. The van der Waals surface area contributed by atoms with Crippen molar-refractivity contribution < 1.29 is 4.74 Å². The highest BCUT2D eigenvalue weighted by molar-refractivity contribution is 6.33. The van der Waals surface area contributed by atoms with Gasteiger partial charge in [0.25, 0.3) is 0 Å². The van der Waals surface area contributed by atoms with Crippen LogP contribution in [0.2, 0.25) is 0 Å². The van der Waals surface area contributed by atoms with Gasteiger partial charge in [-0.2, -0.15) is 0 Å². The molecule has 0 bridgehead atoms. The van der Waals surface area contributed by atoms with E-state index in [4.69, 9.17) is 12.6 Å². The second-order valence-corrected chi connectivity index (χ2v) is 4.54. The van der Waals surface area contributed by atoms with E-state index >= 15 is 0 Å². The minimum atomic E-state index is 0.585. The second kappa shape index (κ2) is 5.19. The molecule has 0 saturated heterocycles. The summed E-state index contributed by atoms with van der Waals surface area (Å²) in [6.45, 7) is 0.585. The summed E-state index contributed by atoms with van der Waals surface area (Å²) in [7, 11) is 5.77. The molecule has 90 valence electrons. The third kappa shape index (κ3) is 2.79. The van der Waals surface area contributed by atoms with E-state index in [1.165, 1.54) is 5.56 Å². The maximum Gasteiger partial charge on any atom is 0.120 e. The van der Waals surface area contributed by atoms with Crippen molar-refractivity contribution in [1.29, 1.82) is 0 Å². The Morgan fingerprint density at radius 1 is 0.789 bits per heavy atom. The number of rotatable bonds is 3. The molecule has 2 radical (unpaired) electrons. The van der Waals surface area contributed by atoms with E-state index in [1.807, 2.05) is 54.6 Å². The van der Waals surface area contributed by atoms with Crippen LogP contribution in [-0.4, -0.2) is 7.85 Å². The van der Waals surface area contributed by atoms with Gasteiger partial charge in [-0.1, -0.05) is 60.1 Å². The van der Waals surface area contributed by atoms with Crippen LogP contribution in [0.3, 0.4) is 0 Å². The van der Waals surface area contributed by atoms with Gasteiger partial charge in [0, 0.05) is 0 Å². The molecule has 1 nitrogen and oxygen atoms in total. The van der Waals surface area contributed by atoms with Gasteiger partial charge < -0.3 is 4.74 Å². The molecule has 0 aromatic heterocycles. The van der Waals surface area contributed by atoms with Gasteiger partial charge in [-0.05, 0) is 28.5 Å². The summed E-state index contributed by atoms with van der Waals surface area (Å²) in [6.07, 6.45) is 0. The Morgan fingerprint density at radius 2 is 1.53 bits per heavy atom. The van der Waals surface area contributed by atoms with Crippen LogP contribution in [-0.2, 0) is 6.61 Å². The molecule has 0 spiro atoms. The van der Waals surface area contributed by atoms with Gasteiger partial charge in [-0.3, -0.25) is 0 Å². The highest BCUT2D eigenvalue weighted by atomic mass is 16.5. The summed E-state index contributed by atoms with van der Waals surface area (Å²) in [5, 5.41) is 2.27. The molecule has 0 aliphatic rings. The first kappa shape index (κ1) is 11.9. The third-order valence-corrected chi connectivity index (χ3v) is 3.08. The van der Waals surface area contributed by atoms with Gasteiger partial charge in [-0.25, -0.2) is 0 Å². The van der Waals surface area contributed by atoms with Crippen LogP contribution in [0.25, 0.3) is 10.8 Å². The SMILES string of the molecule is [B]c1ccc2cc(OCc3ccccc3)ccc2c1. The topological polar surface area (TPSA) is 9.23 Å². The fourth-order valence-electron chi connectivity index (χ4n) is 2.07. The predicted octanol–water partition coefficient (Wildman–Crippen LogP) is 3.21. The Bertz CT molecular complexity index is 692. The van der Waals surface area contributed by atoms with Crippen molar-refractivity contribution in [1.82, 2.24) is 0 Å². The lowest BCUT2D eigenvalue weighted by Gasteiger charge is -2.08. The fraction of sp³-hybridized carbons (Fsp3) is 0.0588. The van der Waals surface area contributed by atoms with Gasteiger partial charge in [0.05, 0.1) is 0 Å². The van der Waals surface area contributed by atoms with E-state index in [0.717, 1.165) is 22.0 Å². The zero-order chi connectivity index (χ0) is 13.1. The maximum atomic E-state index is 5.80. The van der Waals surface area contributed by atoms with E-state index < -0.39 is 0 Å². The van der Waals surface area contributed by atoms with Gasteiger partial charge >= 0.3 is 0 Å². The average molecular weight is 244 g/mol. The first-order valence-electron chi connectivity index (χ1n) is 6.27. The molecule has 0 fully saturated rings. The zero-order valence-corrected chi connectivity index (χ0v) is 10.5. The molecular weight excluding hydrogens is 231 g/mol. The van der Waals surface area contributed by atoms with Crippen LogP contribution in [0.1, 0.15) is 5.56 Å². The fourth-order valence-corrected chi connectivity index (χ4v) is 2.07. The van der Waals surface area contributed by atoms with Crippen LogP contribution < -0.4 is 10.2 Å². The average Bonchev–Trinajstić information content (AvgIpc) is 2.46. The molecule has 0 saturated carbocycles. The third-order valence-electron chi connectivity index (χ3n) is 3.08. The largest absolute Gasteiger partial charge is 0.489 e. The predicted molar refractivity (Wildman–Crippen MR) is 80.1 cm³/mol. The number of fused-ring (bicyclic) bond motifs is 1. The van der Waals surface area contributed by atoms with Crippen LogP contribution in [0.15, 0.2) is 66.7 Å². The lowest BCUT2D eigenvalue weighted by atomic mass is 9.93. The van der Waals surface area contributed by atoms with E-state index in [2.05, 4.69) is 12.1 Å². The highest BCUT2D eigenvalue weighted by Gasteiger charge is 1.98. The molecule has 0 amide bonds. The molecule has 0 unspecified atom stereocenters. The van der Waals surface area contributed by atoms with E-state index in [9.17, 15) is 0 Å². The molecule has 3 rings (SSSR count). The van der Waals surface area contributed by atoms with E-state index in [0.29, 0.717) is 6.61 Å². The monoisotopic (exact) mass is 244 g/mol. The Kier molecular flexibility index (Phi) is 3.24. The molecule has 0 aliphatic heterocycles. The van der Waals surface area contributed by atoms with Gasteiger partial charge in [-0.15, -0.1) is 0 Å². The normalized spacial score (nSPS) is 10.5. The number of benzene rings is 3. The number of hydrogen-bond acceptors (Lipinski definition) is 1. The van der Waals surface area contributed by atoms with Crippen molar-refractivity contribution in [2.75, 3.05) is 0 Å². The summed E-state index contributed by atoms with van der Waals surface area (Å²) >= 11 is 0. The summed E-state index contributed by atoms with van der Waals surface area (Å²) < 4.78 is 5.80. The molecular formula is C17H13BO. The minimum absolute atomic E-state index is 0.585. The van der Waals surface area contributed by atoms with Crippen LogP contribution in [0.5, 0.6) is 5.75 Å². The quantitative estimate of drug-likeness (QED) is 0.643. The Morgan fingerprint density at radius 3 is 2.37 bits per heavy atom. The van der Waals surface area contributed by atoms with Crippen LogP contribution in [0.4, 0.5) is 0 Å². The number of ether oxygens (including phenoxy) is 1. The Hall–Kier alpha value is -2.22. The van der Waals surface area contributed by atoms with Crippen molar-refractivity contribution in [2.45, 2.75) is 6.61 Å². The summed E-state index contributed by atoms with van der Waals surface area (Å²) in [6, 6.07) is 22.1. The molecule has 0 aliphatic carbocycles. The van der Waals surface area contributed by atoms with Crippen molar-refractivity contribution >= 4 is 24.1 Å². The molecule has 2 heteroatoms. The lowest BCUT2D eigenvalue weighted by Crippen LogP contribution is -2.00. The van der Waals surface area contributed by atoms with Gasteiger partial charge in [0.1, 0.15) is 20.2 Å². The first-order valence-corrected chi connectivity index (χ1v) is 6.27. The smallest absolute Gasteiger partial charge is 0.120 e. The molecule has 19 heavy (non-hydrogen) atoms. The van der Waals surface area contributed by atoms with Gasteiger partial charge in [0.2, 0.25) is 0 Å². The van der Waals surface area contributed by atoms with E-state index in [1.54, 1.807) is 0 Å². The standard InChI is InChI=1S/C17H13BO/c18-16-8-6-15-11-17(9-7-14(15)10-16)19-12-13-4-2-1-3-5-13/h1-11H,12H2.